The fourth-order valence-corrected chi connectivity index (χ4v) is 2.64. The van der Waals surface area contributed by atoms with Crippen LogP contribution in [0.2, 0.25) is 5.02 Å². The summed E-state index contributed by atoms with van der Waals surface area (Å²) in [5.74, 6) is -0.107. The molecule has 84 valence electrons. The van der Waals surface area contributed by atoms with Crippen molar-refractivity contribution in [1.29, 1.82) is 0 Å². The number of hydrogen-bond donors (Lipinski definition) is 1. The average molecular weight is 237 g/mol. The van der Waals surface area contributed by atoms with Gasteiger partial charge in [0.15, 0.2) is 0 Å². The van der Waals surface area contributed by atoms with E-state index in [4.69, 9.17) is 11.6 Å². The van der Waals surface area contributed by atoms with Gasteiger partial charge in [-0.1, -0.05) is 23.7 Å². The predicted molar refractivity (Wildman–Crippen MR) is 62.0 cm³/mol. The van der Waals surface area contributed by atoms with E-state index in [1.54, 1.807) is 0 Å². The van der Waals surface area contributed by atoms with Gasteiger partial charge in [0.25, 0.3) is 0 Å². The molecule has 0 spiro atoms. The van der Waals surface area contributed by atoms with E-state index in [0.29, 0.717) is 5.92 Å². The van der Waals surface area contributed by atoms with Gasteiger partial charge in [-0.15, -0.1) is 0 Å². The minimum atomic E-state index is -0.720. The molecule has 2 saturated carbocycles. The highest BCUT2D eigenvalue weighted by Gasteiger charge is 2.51. The van der Waals surface area contributed by atoms with Crippen LogP contribution in [0.5, 0.6) is 0 Å². The lowest BCUT2D eigenvalue weighted by atomic mass is 9.94. The van der Waals surface area contributed by atoms with Crippen LogP contribution < -0.4 is 0 Å². The lowest BCUT2D eigenvalue weighted by Crippen LogP contribution is -2.19. The van der Waals surface area contributed by atoms with E-state index in [9.17, 15) is 9.90 Å². The minimum absolute atomic E-state index is 0.613. The van der Waals surface area contributed by atoms with Crippen molar-refractivity contribution >= 4 is 17.6 Å². The molecule has 0 heterocycles. The van der Waals surface area contributed by atoms with Crippen LogP contribution in [0, 0.1) is 0 Å². The van der Waals surface area contributed by atoms with Gasteiger partial charge >= 0.3 is 5.97 Å². The van der Waals surface area contributed by atoms with Gasteiger partial charge in [0.1, 0.15) is 0 Å². The molecular formula is C13H13ClO2. The van der Waals surface area contributed by atoms with Gasteiger partial charge in [0.2, 0.25) is 0 Å². The van der Waals surface area contributed by atoms with E-state index in [2.05, 4.69) is 0 Å². The van der Waals surface area contributed by atoms with Crippen LogP contribution in [-0.2, 0) is 10.2 Å². The number of aliphatic carboxylic acids is 1. The van der Waals surface area contributed by atoms with Gasteiger partial charge in [0, 0.05) is 5.02 Å². The Morgan fingerprint density at radius 1 is 1.38 bits per heavy atom. The highest BCUT2D eigenvalue weighted by atomic mass is 35.5. The Hall–Kier alpha value is -1.02. The fraction of sp³-hybridized carbons (Fsp3) is 0.462. The number of carboxylic acid groups (broad SMARTS) is 1. The van der Waals surface area contributed by atoms with Gasteiger partial charge in [-0.3, -0.25) is 4.79 Å². The molecule has 2 aliphatic carbocycles. The van der Waals surface area contributed by atoms with Crippen molar-refractivity contribution in [2.75, 3.05) is 0 Å². The van der Waals surface area contributed by atoms with Gasteiger partial charge in [-0.25, -0.2) is 0 Å². The monoisotopic (exact) mass is 236 g/mol. The van der Waals surface area contributed by atoms with Crippen molar-refractivity contribution in [3.8, 4) is 0 Å². The van der Waals surface area contributed by atoms with Crippen molar-refractivity contribution in [1.82, 2.24) is 0 Å². The molecule has 2 aliphatic rings. The van der Waals surface area contributed by atoms with E-state index in [0.717, 1.165) is 23.4 Å². The highest BCUT2D eigenvalue weighted by molar-refractivity contribution is 6.31. The number of carbonyl (C=O) groups is 1. The Bertz CT molecular complexity index is 459. The van der Waals surface area contributed by atoms with Crippen LogP contribution in [0.3, 0.4) is 0 Å². The van der Waals surface area contributed by atoms with Crippen molar-refractivity contribution in [2.45, 2.75) is 37.0 Å². The minimum Gasteiger partial charge on any atom is -0.481 e. The first-order valence-electron chi connectivity index (χ1n) is 5.67. The third kappa shape index (κ3) is 1.44. The molecule has 0 amide bonds. The zero-order valence-corrected chi connectivity index (χ0v) is 9.63. The summed E-state index contributed by atoms with van der Waals surface area (Å²) in [7, 11) is 0. The third-order valence-electron chi connectivity index (χ3n) is 3.73. The summed E-state index contributed by atoms with van der Waals surface area (Å²) < 4.78 is 0. The van der Waals surface area contributed by atoms with Crippen LogP contribution in [0.4, 0.5) is 0 Å². The summed E-state index contributed by atoms with van der Waals surface area (Å²) >= 11 is 6.21. The number of hydrogen-bond acceptors (Lipinski definition) is 1. The summed E-state index contributed by atoms with van der Waals surface area (Å²) in [5, 5.41) is 9.94. The SMILES string of the molecule is O=C(O)C1(c2ccc(C3CC3)c(Cl)c2)CC1. The van der Waals surface area contributed by atoms with E-state index in [-0.39, 0.29) is 0 Å². The molecule has 1 aromatic rings. The first-order chi connectivity index (χ1) is 7.63. The van der Waals surface area contributed by atoms with Crippen LogP contribution in [0.1, 0.15) is 42.7 Å². The maximum atomic E-state index is 11.2. The van der Waals surface area contributed by atoms with E-state index in [1.807, 2.05) is 18.2 Å². The third-order valence-corrected chi connectivity index (χ3v) is 4.06. The first kappa shape index (κ1) is 10.2. The van der Waals surface area contributed by atoms with E-state index in [1.165, 1.54) is 18.4 Å². The Morgan fingerprint density at radius 2 is 2.06 bits per heavy atom. The molecule has 3 rings (SSSR count). The molecule has 3 heteroatoms. The normalized spacial score (nSPS) is 21.8. The van der Waals surface area contributed by atoms with E-state index < -0.39 is 11.4 Å². The molecule has 2 nitrogen and oxygen atoms in total. The number of rotatable bonds is 3. The van der Waals surface area contributed by atoms with Crippen LogP contribution >= 0.6 is 11.6 Å². The molecule has 1 N–H and O–H groups in total. The van der Waals surface area contributed by atoms with Crippen LogP contribution in [0.25, 0.3) is 0 Å². The molecule has 0 bridgehead atoms. The summed E-state index contributed by atoms with van der Waals surface area (Å²) in [5.41, 5.74) is 1.42. The van der Waals surface area contributed by atoms with Crippen molar-refractivity contribution < 1.29 is 9.90 Å². The average Bonchev–Trinajstić information content (AvgIpc) is 3.12. The van der Waals surface area contributed by atoms with Crippen molar-refractivity contribution in [3.05, 3.63) is 34.3 Å². The number of halogens is 1. The van der Waals surface area contributed by atoms with Crippen molar-refractivity contribution in [3.63, 3.8) is 0 Å². The maximum absolute atomic E-state index is 11.2. The predicted octanol–water partition coefficient (Wildman–Crippen LogP) is 3.33. The van der Waals surface area contributed by atoms with Gasteiger partial charge < -0.3 is 5.11 Å². The quantitative estimate of drug-likeness (QED) is 0.874. The zero-order chi connectivity index (χ0) is 11.3. The van der Waals surface area contributed by atoms with Gasteiger partial charge in [-0.05, 0) is 48.8 Å². The Kier molecular flexibility index (Phi) is 2.05. The Morgan fingerprint density at radius 3 is 2.50 bits per heavy atom. The summed E-state index contributed by atoms with van der Waals surface area (Å²) in [4.78, 5) is 11.2. The first-order valence-corrected chi connectivity index (χ1v) is 6.04. The smallest absolute Gasteiger partial charge is 0.314 e. The topological polar surface area (TPSA) is 37.3 Å². The van der Waals surface area contributed by atoms with Crippen molar-refractivity contribution in [2.24, 2.45) is 0 Å². The van der Waals surface area contributed by atoms with Gasteiger partial charge in [0.05, 0.1) is 5.41 Å². The molecule has 0 saturated heterocycles. The molecule has 16 heavy (non-hydrogen) atoms. The lowest BCUT2D eigenvalue weighted by Gasteiger charge is -2.12. The molecule has 0 atom stereocenters. The second-order valence-corrected chi connectivity index (χ2v) is 5.31. The summed E-state index contributed by atoms with van der Waals surface area (Å²) in [6.07, 6.45) is 3.90. The molecular weight excluding hydrogens is 224 g/mol. The highest BCUT2D eigenvalue weighted by Crippen LogP contribution is 2.50. The van der Waals surface area contributed by atoms with E-state index >= 15 is 0 Å². The number of benzene rings is 1. The summed E-state index contributed by atoms with van der Waals surface area (Å²) in [6, 6.07) is 5.81. The molecule has 0 aromatic heterocycles. The number of carboxylic acids is 1. The molecule has 2 fully saturated rings. The molecule has 0 unspecified atom stereocenters. The summed E-state index contributed by atoms with van der Waals surface area (Å²) in [6.45, 7) is 0. The lowest BCUT2D eigenvalue weighted by molar-refractivity contribution is -0.140. The van der Waals surface area contributed by atoms with Crippen LogP contribution in [-0.4, -0.2) is 11.1 Å². The standard InChI is InChI=1S/C13H13ClO2/c14-11-7-9(13(5-6-13)12(15)16)3-4-10(11)8-1-2-8/h3-4,7-8H,1-2,5-6H2,(H,15,16). The maximum Gasteiger partial charge on any atom is 0.314 e. The molecule has 1 aromatic carbocycles. The Balaban J connectivity index is 1.97. The molecule has 0 radical (unpaired) electrons. The van der Waals surface area contributed by atoms with Crippen LogP contribution in [0.15, 0.2) is 18.2 Å². The second kappa shape index (κ2) is 3.24. The van der Waals surface area contributed by atoms with Gasteiger partial charge in [-0.2, -0.15) is 0 Å². The second-order valence-electron chi connectivity index (χ2n) is 4.90. The molecule has 0 aliphatic heterocycles. The fourth-order valence-electron chi connectivity index (χ4n) is 2.30. The zero-order valence-electron chi connectivity index (χ0n) is 8.87. The Labute approximate surface area is 99.2 Å². The largest absolute Gasteiger partial charge is 0.481 e.